The molecule has 0 saturated heterocycles. The maximum atomic E-state index is 10.1. The topological polar surface area (TPSA) is 143 Å². The first-order valence-electron chi connectivity index (χ1n) is 11.6. The predicted octanol–water partition coefficient (Wildman–Crippen LogP) is 5.05. The quantitative estimate of drug-likeness (QED) is 0.201. The van der Waals surface area contributed by atoms with Crippen LogP contribution in [0.25, 0.3) is 27.4 Å². The fourth-order valence-corrected chi connectivity index (χ4v) is 4.76. The summed E-state index contributed by atoms with van der Waals surface area (Å²) < 4.78 is 11.4. The average molecular weight is 528 g/mol. The lowest BCUT2D eigenvalue weighted by Crippen LogP contribution is -2.21. The van der Waals surface area contributed by atoms with E-state index in [0.29, 0.717) is 39.3 Å². The molecule has 4 rings (SSSR count). The molecule has 0 aliphatic carbocycles. The van der Waals surface area contributed by atoms with Crippen LogP contribution in [0, 0.1) is 31.8 Å². The average Bonchev–Trinajstić information content (AvgIpc) is 3.30. The van der Waals surface area contributed by atoms with Crippen LogP contribution in [0.1, 0.15) is 22.6 Å². The number of ether oxygens (including phenoxy) is 1. The van der Waals surface area contributed by atoms with Crippen molar-refractivity contribution in [1.29, 1.82) is 5.26 Å². The zero-order valence-corrected chi connectivity index (χ0v) is 21.6. The highest BCUT2D eigenvalue weighted by molar-refractivity contribution is 7.98. The van der Waals surface area contributed by atoms with Gasteiger partial charge in [-0.25, -0.2) is 14.8 Å². The molecular formula is C28H25N5O4S. The first-order chi connectivity index (χ1) is 18.4. The number of rotatable bonds is 9. The van der Waals surface area contributed by atoms with E-state index in [4.69, 9.17) is 26.6 Å². The Hall–Kier alpha value is -4.35. The number of aliphatic hydroxyl groups excluding tert-OH is 2. The Balaban J connectivity index is 1.64. The van der Waals surface area contributed by atoms with Crippen LogP contribution in [0.15, 0.2) is 58.0 Å². The molecule has 0 fully saturated rings. The van der Waals surface area contributed by atoms with Gasteiger partial charge in [0.2, 0.25) is 11.6 Å². The summed E-state index contributed by atoms with van der Waals surface area (Å²) in [5.74, 6) is 2.08. The number of pyridine rings is 1. The molecule has 0 aliphatic heterocycles. The number of hydrogen-bond acceptors (Lipinski definition) is 9. The minimum Gasteiger partial charge on any atom is -0.491 e. The summed E-state index contributed by atoms with van der Waals surface area (Å²) in [4.78, 5) is 12.6. The first kappa shape index (κ1) is 26.7. The number of nitriles is 1. The monoisotopic (exact) mass is 527 g/mol. The molecule has 4 N–H and O–H groups in total. The largest absolute Gasteiger partial charge is 0.491 e. The molecule has 9 nitrogen and oxygen atoms in total. The van der Waals surface area contributed by atoms with Crippen molar-refractivity contribution in [3.63, 3.8) is 0 Å². The van der Waals surface area contributed by atoms with Crippen molar-refractivity contribution < 1.29 is 19.4 Å². The van der Waals surface area contributed by atoms with Gasteiger partial charge in [0.1, 0.15) is 41.1 Å². The third-order valence-electron chi connectivity index (χ3n) is 5.80. The molecule has 2 aromatic heterocycles. The van der Waals surface area contributed by atoms with Gasteiger partial charge in [-0.2, -0.15) is 5.26 Å². The summed E-state index contributed by atoms with van der Waals surface area (Å²) in [5.41, 5.74) is 10.2. The Labute approximate surface area is 224 Å². The molecule has 10 heteroatoms. The van der Waals surface area contributed by atoms with Crippen LogP contribution in [-0.2, 0) is 5.75 Å². The lowest BCUT2D eigenvalue weighted by atomic mass is 10.00. The fourth-order valence-electron chi connectivity index (χ4n) is 3.76. The number of benzene rings is 2. The molecule has 0 spiro atoms. The van der Waals surface area contributed by atoms with E-state index in [1.54, 1.807) is 24.3 Å². The van der Waals surface area contributed by atoms with E-state index < -0.39 is 12.7 Å². The number of thioether (sulfide) groups is 1. The Morgan fingerprint density at radius 2 is 1.92 bits per heavy atom. The second kappa shape index (κ2) is 11.8. The van der Waals surface area contributed by atoms with Crippen LogP contribution >= 0.6 is 11.8 Å². The molecule has 0 amide bonds. The highest BCUT2D eigenvalue weighted by atomic mass is 32.2. The van der Waals surface area contributed by atoms with Crippen molar-refractivity contribution in [2.75, 3.05) is 18.9 Å². The minimum absolute atomic E-state index is 0.0281. The first-order valence-corrected chi connectivity index (χ1v) is 12.6. The van der Waals surface area contributed by atoms with Crippen LogP contribution in [0.3, 0.4) is 0 Å². The summed E-state index contributed by atoms with van der Waals surface area (Å²) in [6, 6.07) is 16.8. The van der Waals surface area contributed by atoms with Gasteiger partial charge in [0.05, 0.1) is 24.4 Å². The molecule has 2 heterocycles. The van der Waals surface area contributed by atoms with E-state index in [0.717, 1.165) is 16.8 Å². The second-order valence-corrected chi connectivity index (χ2v) is 9.39. The van der Waals surface area contributed by atoms with Crippen molar-refractivity contribution >= 4 is 23.3 Å². The summed E-state index contributed by atoms with van der Waals surface area (Å²) in [6.07, 6.45) is -0.991. The number of aryl methyl sites for hydroxylation is 2. The highest BCUT2D eigenvalue weighted by Crippen LogP contribution is 2.42. The van der Waals surface area contributed by atoms with Crippen LogP contribution in [-0.4, -0.2) is 39.5 Å². The molecule has 0 unspecified atom stereocenters. The fraction of sp³-hybridized carbons (Fsp3) is 0.214. The number of aliphatic hydroxyl groups is 2. The van der Waals surface area contributed by atoms with E-state index in [1.807, 2.05) is 38.1 Å². The molecule has 0 saturated carbocycles. The van der Waals surface area contributed by atoms with Gasteiger partial charge in [-0.05, 0) is 43.2 Å². The van der Waals surface area contributed by atoms with E-state index in [-0.39, 0.29) is 23.7 Å². The van der Waals surface area contributed by atoms with Gasteiger partial charge in [0.25, 0.3) is 0 Å². The minimum atomic E-state index is -0.991. The highest BCUT2D eigenvalue weighted by Gasteiger charge is 2.22. The van der Waals surface area contributed by atoms with Crippen LogP contribution in [0.2, 0.25) is 0 Å². The second-order valence-electron chi connectivity index (χ2n) is 8.42. The number of anilines is 1. The lowest BCUT2D eigenvalue weighted by molar-refractivity contribution is 0.0536. The zero-order chi connectivity index (χ0) is 27.2. The summed E-state index contributed by atoms with van der Waals surface area (Å²) >= 11 is 1.30. The Morgan fingerprint density at radius 3 is 2.58 bits per heavy atom. The normalized spacial score (nSPS) is 11.5. The Bertz CT molecular complexity index is 1540. The maximum absolute atomic E-state index is 10.1. The molecule has 4 aromatic rings. The van der Waals surface area contributed by atoms with Crippen molar-refractivity contribution in [2.24, 2.45) is 0 Å². The predicted molar refractivity (Wildman–Crippen MR) is 145 cm³/mol. The number of nitrogens with two attached hydrogens (primary N) is 1. The zero-order valence-electron chi connectivity index (χ0n) is 20.8. The van der Waals surface area contributed by atoms with E-state index in [9.17, 15) is 10.4 Å². The van der Waals surface area contributed by atoms with Gasteiger partial charge in [0.15, 0.2) is 0 Å². The van der Waals surface area contributed by atoms with Gasteiger partial charge in [-0.1, -0.05) is 42.1 Å². The SMILES string of the molecule is [C-]#[N+]c1c(N)nc(SCc2nc(-c3ccccc3C)oc2C)c(C#N)c1-c1ccc(OC[C@H](O)CO)cc1. The molecular weight excluding hydrogens is 502 g/mol. The third-order valence-corrected chi connectivity index (χ3v) is 6.79. The Morgan fingerprint density at radius 1 is 1.18 bits per heavy atom. The van der Waals surface area contributed by atoms with Crippen LogP contribution < -0.4 is 10.5 Å². The van der Waals surface area contributed by atoms with Gasteiger partial charge >= 0.3 is 0 Å². The van der Waals surface area contributed by atoms with Crippen molar-refractivity contribution in [1.82, 2.24) is 9.97 Å². The summed E-state index contributed by atoms with van der Waals surface area (Å²) in [5, 5.41) is 28.9. The number of hydrogen-bond donors (Lipinski definition) is 3. The third kappa shape index (κ3) is 5.63. The lowest BCUT2D eigenvalue weighted by Gasteiger charge is -2.14. The van der Waals surface area contributed by atoms with Gasteiger partial charge in [-0.3, -0.25) is 0 Å². The van der Waals surface area contributed by atoms with Gasteiger partial charge in [0, 0.05) is 16.9 Å². The Kier molecular flexibility index (Phi) is 8.29. The molecule has 2 aromatic carbocycles. The van der Waals surface area contributed by atoms with Gasteiger partial charge < -0.3 is 25.1 Å². The summed E-state index contributed by atoms with van der Waals surface area (Å²) in [7, 11) is 0. The van der Waals surface area contributed by atoms with Crippen molar-refractivity contribution in [3.05, 3.63) is 82.5 Å². The van der Waals surface area contributed by atoms with Crippen LogP contribution in [0.4, 0.5) is 11.5 Å². The number of nitrogen functional groups attached to an aromatic ring is 1. The standard InChI is InChI=1S/C28H25N5O4S/c1-16-6-4-5-7-21(16)27-32-23(17(2)37-27)15-38-28-22(12-29)24(25(31-3)26(30)33-28)18-8-10-20(11-9-18)36-14-19(35)13-34/h4-11,19,34-35H,13-15H2,1-2H3,(H2,30,33)/t19-/m1/s1. The van der Waals surface area contributed by atoms with Crippen molar-refractivity contribution in [2.45, 2.75) is 30.7 Å². The number of oxazole rings is 1. The summed E-state index contributed by atoms with van der Waals surface area (Å²) in [6.45, 7) is 11.0. The smallest absolute Gasteiger partial charge is 0.236 e. The van der Waals surface area contributed by atoms with E-state index in [1.165, 1.54) is 11.8 Å². The van der Waals surface area contributed by atoms with E-state index in [2.05, 4.69) is 20.9 Å². The maximum Gasteiger partial charge on any atom is 0.236 e. The van der Waals surface area contributed by atoms with E-state index >= 15 is 0 Å². The molecule has 1 atom stereocenters. The van der Waals surface area contributed by atoms with Gasteiger partial charge in [-0.15, -0.1) is 0 Å². The molecule has 38 heavy (non-hydrogen) atoms. The number of nitrogens with zero attached hydrogens (tertiary/aromatic N) is 4. The molecule has 0 bridgehead atoms. The molecule has 0 radical (unpaired) electrons. The molecule has 0 aliphatic rings. The van der Waals surface area contributed by atoms with Crippen LogP contribution in [0.5, 0.6) is 5.75 Å². The molecule has 192 valence electrons. The number of aromatic nitrogens is 2. The van der Waals surface area contributed by atoms with Crippen molar-refractivity contribution in [3.8, 4) is 34.4 Å².